The first-order chi connectivity index (χ1) is 5.81. The number of benzene rings is 1. The number of nitrogens with one attached hydrogen (secondary N) is 1. The van der Waals surface area contributed by atoms with Crippen molar-refractivity contribution < 1.29 is 4.79 Å². The van der Waals surface area contributed by atoms with Gasteiger partial charge in [-0.3, -0.25) is 10.6 Å². The average Bonchev–Trinajstić information content (AvgIpc) is 2.16. The first-order valence-electron chi connectivity index (χ1n) is 3.42. The first kappa shape index (κ1) is 9.03. The molecular formula is C8H9ClN2O. The summed E-state index contributed by atoms with van der Waals surface area (Å²) < 4.78 is 0. The minimum atomic E-state index is 0.309. The zero-order valence-corrected chi connectivity index (χ0v) is 7.14. The normalized spacial score (nSPS) is 9.50. The molecule has 12 heavy (non-hydrogen) atoms. The van der Waals surface area contributed by atoms with Crippen LogP contribution in [0.15, 0.2) is 18.2 Å². The van der Waals surface area contributed by atoms with E-state index in [9.17, 15) is 4.79 Å². The number of anilines is 1. The highest BCUT2D eigenvalue weighted by molar-refractivity contribution is 6.17. The minimum absolute atomic E-state index is 0.309. The van der Waals surface area contributed by atoms with Crippen LogP contribution in [0, 0.1) is 0 Å². The van der Waals surface area contributed by atoms with Crippen molar-refractivity contribution in [1.29, 1.82) is 0 Å². The quantitative estimate of drug-likeness (QED) is 0.324. The third kappa shape index (κ3) is 1.75. The number of halogens is 1. The lowest BCUT2D eigenvalue weighted by molar-refractivity contribution is 0.112. The van der Waals surface area contributed by atoms with Gasteiger partial charge in [-0.25, -0.2) is 0 Å². The molecule has 1 aromatic carbocycles. The highest BCUT2D eigenvalue weighted by Gasteiger charge is 2.00. The molecular weight excluding hydrogens is 176 g/mol. The summed E-state index contributed by atoms with van der Waals surface area (Å²) in [5.41, 5.74) is 4.61. The van der Waals surface area contributed by atoms with Crippen LogP contribution in [0.3, 0.4) is 0 Å². The molecule has 0 aliphatic heterocycles. The SMILES string of the molecule is NNc1ccc(C=O)c(CCl)c1. The Labute approximate surface area is 75.5 Å². The third-order valence-corrected chi connectivity index (χ3v) is 1.87. The van der Waals surface area contributed by atoms with E-state index in [1.807, 2.05) is 0 Å². The van der Waals surface area contributed by atoms with Crippen LogP contribution in [0.1, 0.15) is 15.9 Å². The number of rotatable bonds is 3. The molecule has 0 radical (unpaired) electrons. The van der Waals surface area contributed by atoms with Gasteiger partial charge in [0, 0.05) is 17.1 Å². The molecule has 4 heteroatoms. The topological polar surface area (TPSA) is 55.1 Å². The lowest BCUT2D eigenvalue weighted by Gasteiger charge is -2.03. The van der Waals surface area contributed by atoms with E-state index in [1.54, 1.807) is 18.2 Å². The van der Waals surface area contributed by atoms with E-state index in [1.165, 1.54) is 0 Å². The van der Waals surface area contributed by atoms with Crippen molar-refractivity contribution in [3.05, 3.63) is 29.3 Å². The van der Waals surface area contributed by atoms with Gasteiger partial charge in [0.25, 0.3) is 0 Å². The van der Waals surface area contributed by atoms with Crippen LogP contribution >= 0.6 is 11.6 Å². The molecule has 0 bridgehead atoms. The maximum atomic E-state index is 10.5. The molecule has 0 unspecified atom stereocenters. The Morgan fingerprint density at radius 3 is 2.83 bits per heavy atom. The zero-order valence-electron chi connectivity index (χ0n) is 6.38. The molecule has 0 spiro atoms. The molecule has 64 valence electrons. The fourth-order valence-corrected chi connectivity index (χ4v) is 1.16. The summed E-state index contributed by atoms with van der Waals surface area (Å²) in [4.78, 5) is 10.5. The van der Waals surface area contributed by atoms with Gasteiger partial charge in [0.2, 0.25) is 0 Å². The van der Waals surface area contributed by atoms with Gasteiger partial charge in [-0.2, -0.15) is 0 Å². The Kier molecular flexibility index (Phi) is 3.08. The number of alkyl halides is 1. The molecule has 0 aromatic heterocycles. The second-order valence-electron chi connectivity index (χ2n) is 2.31. The summed E-state index contributed by atoms with van der Waals surface area (Å²) in [5, 5.41) is 0. The smallest absolute Gasteiger partial charge is 0.150 e. The molecule has 1 rings (SSSR count). The van der Waals surface area contributed by atoms with E-state index in [2.05, 4.69) is 5.43 Å². The van der Waals surface area contributed by atoms with E-state index >= 15 is 0 Å². The molecule has 0 saturated heterocycles. The minimum Gasteiger partial charge on any atom is -0.324 e. The average molecular weight is 185 g/mol. The van der Waals surface area contributed by atoms with E-state index < -0.39 is 0 Å². The number of hydrazine groups is 1. The van der Waals surface area contributed by atoms with Crippen LogP contribution in [-0.2, 0) is 5.88 Å². The molecule has 1 aromatic rings. The maximum absolute atomic E-state index is 10.5. The molecule has 3 N–H and O–H groups in total. The molecule has 3 nitrogen and oxygen atoms in total. The Bertz CT molecular complexity index is 288. The van der Waals surface area contributed by atoms with Gasteiger partial charge < -0.3 is 5.43 Å². The number of carbonyl (C=O) groups is 1. The van der Waals surface area contributed by atoms with Crippen LogP contribution in [-0.4, -0.2) is 6.29 Å². The summed E-state index contributed by atoms with van der Waals surface area (Å²) in [6, 6.07) is 5.15. The van der Waals surface area contributed by atoms with E-state index in [0.29, 0.717) is 11.4 Å². The first-order valence-corrected chi connectivity index (χ1v) is 3.96. The summed E-state index contributed by atoms with van der Waals surface area (Å²) in [6.07, 6.45) is 0.776. The maximum Gasteiger partial charge on any atom is 0.150 e. The van der Waals surface area contributed by atoms with Gasteiger partial charge >= 0.3 is 0 Å². The lowest BCUT2D eigenvalue weighted by Crippen LogP contribution is -2.07. The highest BCUT2D eigenvalue weighted by atomic mass is 35.5. The Morgan fingerprint density at radius 1 is 1.58 bits per heavy atom. The van der Waals surface area contributed by atoms with Gasteiger partial charge in [-0.15, -0.1) is 11.6 Å². The van der Waals surface area contributed by atoms with Crippen molar-refractivity contribution in [1.82, 2.24) is 0 Å². The van der Waals surface area contributed by atoms with E-state index in [-0.39, 0.29) is 0 Å². The van der Waals surface area contributed by atoms with Crippen LogP contribution in [0.4, 0.5) is 5.69 Å². The number of hydrogen-bond donors (Lipinski definition) is 2. The monoisotopic (exact) mass is 184 g/mol. The summed E-state index contributed by atoms with van der Waals surface area (Å²) >= 11 is 5.61. The van der Waals surface area contributed by atoms with Crippen molar-refractivity contribution >= 4 is 23.6 Å². The van der Waals surface area contributed by atoms with Crippen molar-refractivity contribution in [2.24, 2.45) is 5.84 Å². The second-order valence-corrected chi connectivity index (χ2v) is 2.58. The predicted molar refractivity (Wildman–Crippen MR) is 49.2 cm³/mol. The molecule has 0 heterocycles. The fourth-order valence-electron chi connectivity index (χ4n) is 0.926. The van der Waals surface area contributed by atoms with E-state index in [0.717, 1.165) is 17.5 Å². The Balaban J connectivity index is 3.10. The molecule has 0 aliphatic rings. The fraction of sp³-hybridized carbons (Fsp3) is 0.125. The van der Waals surface area contributed by atoms with Crippen molar-refractivity contribution in [2.75, 3.05) is 5.43 Å². The van der Waals surface area contributed by atoms with Gasteiger partial charge in [-0.05, 0) is 23.8 Å². The second kappa shape index (κ2) is 4.09. The Hall–Kier alpha value is -1.06. The highest BCUT2D eigenvalue weighted by Crippen LogP contribution is 2.15. The Morgan fingerprint density at radius 2 is 2.33 bits per heavy atom. The standard InChI is InChI=1S/C8H9ClN2O/c9-4-7-3-8(11-10)2-1-6(7)5-12/h1-3,5,11H,4,10H2. The van der Waals surface area contributed by atoms with Crippen LogP contribution < -0.4 is 11.3 Å². The van der Waals surface area contributed by atoms with Gasteiger partial charge in [-0.1, -0.05) is 0 Å². The van der Waals surface area contributed by atoms with Crippen molar-refractivity contribution in [2.45, 2.75) is 5.88 Å². The lowest BCUT2D eigenvalue weighted by atomic mass is 10.1. The third-order valence-electron chi connectivity index (χ3n) is 1.58. The van der Waals surface area contributed by atoms with Crippen LogP contribution in [0.5, 0.6) is 0 Å². The van der Waals surface area contributed by atoms with E-state index in [4.69, 9.17) is 17.4 Å². The van der Waals surface area contributed by atoms with Gasteiger partial charge in [0.1, 0.15) is 6.29 Å². The van der Waals surface area contributed by atoms with Crippen LogP contribution in [0.2, 0.25) is 0 Å². The van der Waals surface area contributed by atoms with Crippen LogP contribution in [0.25, 0.3) is 0 Å². The molecule has 0 amide bonds. The van der Waals surface area contributed by atoms with Gasteiger partial charge in [0.15, 0.2) is 0 Å². The van der Waals surface area contributed by atoms with Crippen molar-refractivity contribution in [3.8, 4) is 0 Å². The van der Waals surface area contributed by atoms with Crippen molar-refractivity contribution in [3.63, 3.8) is 0 Å². The molecule has 0 aliphatic carbocycles. The zero-order chi connectivity index (χ0) is 8.97. The molecule has 0 atom stereocenters. The summed E-state index contributed by atoms with van der Waals surface area (Å²) in [6.45, 7) is 0. The number of nitrogens with two attached hydrogens (primary N) is 1. The largest absolute Gasteiger partial charge is 0.324 e. The summed E-state index contributed by atoms with van der Waals surface area (Å²) in [7, 11) is 0. The number of nitrogen functional groups attached to an aromatic ring is 1. The number of hydrogen-bond acceptors (Lipinski definition) is 3. The molecule has 0 fully saturated rings. The summed E-state index contributed by atoms with van der Waals surface area (Å²) in [5.74, 6) is 5.49. The number of aldehydes is 1. The number of carbonyl (C=O) groups excluding carboxylic acids is 1. The predicted octanol–water partition coefficient (Wildman–Crippen LogP) is 1.52. The molecule has 0 saturated carbocycles. The van der Waals surface area contributed by atoms with Gasteiger partial charge in [0.05, 0.1) is 0 Å².